The van der Waals surface area contributed by atoms with Crippen LogP contribution in [0.25, 0.3) is 5.76 Å². The predicted molar refractivity (Wildman–Crippen MR) is 153 cm³/mol. The Bertz CT molecular complexity index is 1400. The molecule has 0 spiro atoms. The van der Waals surface area contributed by atoms with Gasteiger partial charge in [0.05, 0.1) is 5.56 Å². The predicted octanol–water partition coefficient (Wildman–Crippen LogP) is 5.52. The molecule has 4 N–H and O–H groups in total. The van der Waals surface area contributed by atoms with Gasteiger partial charge in [0.2, 0.25) is 5.78 Å². The molecule has 4 rings (SSSR count). The van der Waals surface area contributed by atoms with E-state index in [1.807, 2.05) is 13.8 Å². The van der Waals surface area contributed by atoms with E-state index in [1.165, 1.54) is 6.07 Å². The molecule has 222 valence electrons. The highest BCUT2D eigenvalue weighted by molar-refractivity contribution is 6.24. The van der Waals surface area contributed by atoms with E-state index in [9.17, 15) is 39.6 Å². The van der Waals surface area contributed by atoms with Gasteiger partial charge in [0.15, 0.2) is 17.2 Å². The van der Waals surface area contributed by atoms with Crippen LogP contribution in [0.2, 0.25) is 0 Å². The van der Waals surface area contributed by atoms with Crippen LogP contribution in [-0.4, -0.2) is 49.2 Å². The Balaban J connectivity index is 2.14. The van der Waals surface area contributed by atoms with Crippen LogP contribution in [0.4, 0.5) is 0 Å². The van der Waals surface area contributed by atoms with E-state index < -0.39 is 74.5 Å². The van der Waals surface area contributed by atoms with Crippen molar-refractivity contribution in [2.24, 2.45) is 28.6 Å². The molecule has 0 aliphatic heterocycles. The van der Waals surface area contributed by atoms with Gasteiger partial charge < -0.3 is 20.4 Å². The van der Waals surface area contributed by atoms with E-state index in [1.54, 1.807) is 39.8 Å². The Morgan fingerprint density at radius 1 is 1.05 bits per heavy atom. The summed E-state index contributed by atoms with van der Waals surface area (Å²) in [5.74, 6) is -7.50. The molecule has 8 heteroatoms. The van der Waals surface area contributed by atoms with Gasteiger partial charge in [0, 0.05) is 35.2 Å². The summed E-state index contributed by atoms with van der Waals surface area (Å²) in [5, 5.41) is 46.5. The lowest BCUT2D eigenvalue weighted by atomic mass is 9.37. The van der Waals surface area contributed by atoms with Crippen LogP contribution in [0.1, 0.15) is 97.6 Å². The molecule has 0 heterocycles. The minimum Gasteiger partial charge on any atom is -0.508 e. The minimum absolute atomic E-state index is 0.0450. The number of ketones is 4. The normalized spacial score (nSPS) is 33.0. The van der Waals surface area contributed by atoms with Crippen LogP contribution in [0.3, 0.4) is 0 Å². The quantitative estimate of drug-likeness (QED) is 0.237. The molecule has 1 aromatic rings. The topological polar surface area (TPSA) is 149 Å². The van der Waals surface area contributed by atoms with E-state index in [0.29, 0.717) is 12.0 Å². The maximum absolute atomic E-state index is 14.6. The molecule has 0 radical (unpaired) electrons. The monoisotopic (exact) mass is 566 g/mol. The number of phenolic OH excluding ortho intramolecular Hbond substituents is 1. The summed E-state index contributed by atoms with van der Waals surface area (Å²) in [6, 6.07) is 4.75. The average molecular weight is 567 g/mol. The minimum atomic E-state index is -2.78. The fourth-order valence-electron chi connectivity index (χ4n) is 8.42. The first-order valence-corrected chi connectivity index (χ1v) is 14.6. The molecule has 0 saturated heterocycles. The molecule has 1 saturated carbocycles. The number of benzene rings is 1. The van der Waals surface area contributed by atoms with E-state index in [0.717, 1.165) is 19.8 Å². The molecule has 0 aromatic heterocycles. The van der Waals surface area contributed by atoms with Crippen molar-refractivity contribution in [3.8, 4) is 5.75 Å². The summed E-state index contributed by atoms with van der Waals surface area (Å²) < 4.78 is 0. The summed E-state index contributed by atoms with van der Waals surface area (Å²) in [6.45, 7) is 11.8. The van der Waals surface area contributed by atoms with Gasteiger partial charge in [-0.15, -0.1) is 0 Å². The Kier molecular flexibility index (Phi) is 7.66. The van der Waals surface area contributed by atoms with E-state index in [2.05, 4.69) is 0 Å². The van der Waals surface area contributed by atoms with Crippen molar-refractivity contribution in [2.75, 3.05) is 0 Å². The van der Waals surface area contributed by atoms with Crippen molar-refractivity contribution in [1.29, 1.82) is 0 Å². The fraction of sp³-hybridized carbons (Fsp3) is 0.576. The number of carbonyl (C=O) groups excluding carboxylic acids is 4. The van der Waals surface area contributed by atoms with Crippen LogP contribution in [-0.2, 0) is 19.2 Å². The molecule has 3 aliphatic carbocycles. The zero-order chi connectivity index (χ0) is 30.8. The molecular weight excluding hydrogens is 524 g/mol. The molecular formula is C33H42O8. The zero-order valence-electron chi connectivity index (χ0n) is 25.0. The molecule has 1 unspecified atom stereocenters. The molecule has 8 nitrogen and oxygen atoms in total. The Morgan fingerprint density at radius 3 is 2.24 bits per heavy atom. The number of rotatable bonds is 8. The lowest BCUT2D eigenvalue weighted by Crippen LogP contribution is -2.73. The summed E-state index contributed by atoms with van der Waals surface area (Å²) in [6.07, 6.45) is 2.56. The van der Waals surface area contributed by atoms with Gasteiger partial charge in [-0.1, -0.05) is 66.5 Å². The molecule has 6 atom stereocenters. The number of phenols is 1. The van der Waals surface area contributed by atoms with Gasteiger partial charge in [-0.3, -0.25) is 19.2 Å². The molecule has 41 heavy (non-hydrogen) atoms. The highest BCUT2D eigenvalue weighted by Crippen LogP contribution is 2.71. The number of aliphatic hydroxyl groups is 3. The number of fused-ring (bicyclic) bond motifs is 3. The number of allylic oxidation sites excluding steroid dienone is 1. The third kappa shape index (κ3) is 3.89. The van der Waals surface area contributed by atoms with Crippen molar-refractivity contribution < 1.29 is 39.6 Å². The number of unbranched alkanes of at least 4 members (excludes halogenated alkanes) is 2. The average Bonchev–Trinajstić information content (AvgIpc) is 2.88. The second kappa shape index (κ2) is 10.2. The van der Waals surface area contributed by atoms with Gasteiger partial charge in [0.25, 0.3) is 0 Å². The SMILES string of the molecule is CCCCCC(=O)C[C@@H]1[C@]2(C)C(=C(O)c3c(O)cccc3[C@H]2C)C(=O)[C@@]2(O)C(O)=C(C(C)=O)C(=O)C(C(C)C)[C@@]12C. The lowest BCUT2D eigenvalue weighted by molar-refractivity contribution is -0.199. The third-order valence-electron chi connectivity index (χ3n) is 10.5. The fourth-order valence-corrected chi connectivity index (χ4v) is 8.42. The lowest BCUT2D eigenvalue weighted by Gasteiger charge is -2.65. The van der Waals surface area contributed by atoms with Crippen LogP contribution < -0.4 is 0 Å². The maximum Gasteiger partial charge on any atom is 0.203 e. The number of hydrogen-bond acceptors (Lipinski definition) is 8. The van der Waals surface area contributed by atoms with E-state index >= 15 is 0 Å². The molecule has 0 amide bonds. The van der Waals surface area contributed by atoms with Crippen LogP contribution >= 0.6 is 0 Å². The van der Waals surface area contributed by atoms with E-state index in [4.69, 9.17) is 0 Å². The molecule has 1 fully saturated rings. The summed E-state index contributed by atoms with van der Waals surface area (Å²) in [4.78, 5) is 54.9. The van der Waals surface area contributed by atoms with Gasteiger partial charge in [0.1, 0.15) is 28.6 Å². The summed E-state index contributed by atoms with van der Waals surface area (Å²) >= 11 is 0. The Labute approximate surface area is 241 Å². The number of aliphatic hydroxyl groups excluding tert-OH is 2. The number of Topliss-reactive ketones (excluding diaryl/α,β-unsaturated/α-hetero) is 4. The largest absolute Gasteiger partial charge is 0.508 e. The number of aromatic hydroxyl groups is 1. The molecule has 1 aromatic carbocycles. The van der Waals surface area contributed by atoms with Gasteiger partial charge in [-0.2, -0.15) is 0 Å². The highest BCUT2D eigenvalue weighted by Gasteiger charge is 2.76. The number of carbonyl (C=O) groups is 4. The first kappa shape index (κ1) is 30.7. The third-order valence-corrected chi connectivity index (χ3v) is 10.5. The molecule has 0 bridgehead atoms. The summed E-state index contributed by atoms with van der Waals surface area (Å²) in [7, 11) is 0. The second-order valence-electron chi connectivity index (χ2n) is 12.9. The molecule has 3 aliphatic rings. The number of hydrogen-bond donors (Lipinski definition) is 4. The van der Waals surface area contributed by atoms with Crippen molar-refractivity contribution in [2.45, 2.75) is 92.1 Å². The Hall–Kier alpha value is -3.26. The van der Waals surface area contributed by atoms with Crippen LogP contribution in [0.5, 0.6) is 5.75 Å². The van der Waals surface area contributed by atoms with Gasteiger partial charge in [-0.05, 0) is 42.7 Å². The second-order valence-corrected chi connectivity index (χ2v) is 12.9. The standard InChI is InChI=1S/C33H42O8/c1-8-9-10-12-19(35)15-22-31(6)17(4)20-13-11-14-21(36)24(20)28(38)26(31)30(40)33(41)29(39)23(18(5)34)27(37)25(16(2)3)32(22,33)7/h11,13-14,16-17,22,25,36,38-39,41H,8-10,12,15H2,1-7H3/t17-,22-,25?,31-,32-,33+/m1/s1. The van der Waals surface area contributed by atoms with Crippen molar-refractivity contribution in [1.82, 2.24) is 0 Å². The van der Waals surface area contributed by atoms with Gasteiger partial charge in [-0.25, -0.2) is 0 Å². The maximum atomic E-state index is 14.6. The zero-order valence-corrected chi connectivity index (χ0v) is 25.0. The first-order valence-electron chi connectivity index (χ1n) is 14.6. The first-order chi connectivity index (χ1) is 19.0. The van der Waals surface area contributed by atoms with Crippen LogP contribution in [0, 0.1) is 28.6 Å². The van der Waals surface area contributed by atoms with Crippen LogP contribution in [0.15, 0.2) is 35.1 Å². The smallest absolute Gasteiger partial charge is 0.203 e. The summed E-state index contributed by atoms with van der Waals surface area (Å²) in [5.41, 5.74) is -6.05. The van der Waals surface area contributed by atoms with Crippen molar-refractivity contribution in [3.05, 3.63) is 46.2 Å². The van der Waals surface area contributed by atoms with Gasteiger partial charge >= 0.3 is 0 Å². The van der Waals surface area contributed by atoms with E-state index in [-0.39, 0.29) is 35.5 Å². The Morgan fingerprint density at radius 2 is 1.68 bits per heavy atom. The van der Waals surface area contributed by atoms with Crippen molar-refractivity contribution in [3.63, 3.8) is 0 Å². The van der Waals surface area contributed by atoms with Crippen molar-refractivity contribution >= 4 is 28.9 Å². The highest BCUT2D eigenvalue weighted by atomic mass is 16.3.